The summed E-state index contributed by atoms with van der Waals surface area (Å²) < 4.78 is 6.34. The lowest BCUT2D eigenvalue weighted by atomic mass is 9.95. The molecular formula is C14H18BrNO. The number of hydrogen-bond acceptors (Lipinski definition) is 2. The number of fused-ring (bicyclic) bond motifs is 2. The van der Waals surface area contributed by atoms with Crippen LogP contribution in [-0.2, 0) is 0 Å². The highest BCUT2D eigenvalue weighted by molar-refractivity contribution is 9.10. The summed E-state index contributed by atoms with van der Waals surface area (Å²) in [7, 11) is 1.71. The SMILES string of the molecule is COc1cc(NC2CC3CCC2C3)ccc1Br. The first kappa shape index (κ1) is 11.4. The third-order valence-electron chi connectivity index (χ3n) is 4.24. The van der Waals surface area contributed by atoms with Crippen molar-refractivity contribution < 1.29 is 4.74 Å². The second-order valence-corrected chi connectivity index (χ2v) is 6.13. The molecule has 2 fully saturated rings. The van der Waals surface area contributed by atoms with Gasteiger partial charge in [0, 0.05) is 17.8 Å². The molecule has 0 saturated heterocycles. The van der Waals surface area contributed by atoms with Crippen LogP contribution in [0.5, 0.6) is 5.75 Å². The van der Waals surface area contributed by atoms with Crippen molar-refractivity contribution in [3.63, 3.8) is 0 Å². The summed E-state index contributed by atoms with van der Waals surface area (Å²) in [6.07, 6.45) is 5.65. The van der Waals surface area contributed by atoms with E-state index in [9.17, 15) is 0 Å². The first-order valence-corrected chi connectivity index (χ1v) is 7.15. The van der Waals surface area contributed by atoms with Crippen LogP contribution < -0.4 is 10.1 Å². The Kier molecular flexibility index (Phi) is 3.03. The Labute approximate surface area is 111 Å². The summed E-state index contributed by atoms with van der Waals surface area (Å²) in [4.78, 5) is 0. The van der Waals surface area contributed by atoms with Gasteiger partial charge in [0.25, 0.3) is 0 Å². The number of ether oxygens (including phenoxy) is 1. The molecule has 3 rings (SSSR count). The van der Waals surface area contributed by atoms with Crippen LogP contribution in [0.1, 0.15) is 25.7 Å². The number of nitrogens with one attached hydrogen (secondary N) is 1. The highest BCUT2D eigenvalue weighted by Gasteiger charge is 2.39. The van der Waals surface area contributed by atoms with Crippen molar-refractivity contribution in [3.05, 3.63) is 22.7 Å². The average Bonchev–Trinajstić information content (AvgIpc) is 2.93. The fourth-order valence-electron chi connectivity index (χ4n) is 3.39. The normalized spacial score (nSPS) is 30.6. The minimum atomic E-state index is 0.680. The third kappa shape index (κ3) is 2.17. The van der Waals surface area contributed by atoms with E-state index in [1.165, 1.54) is 31.4 Å². The van der Waals surface area contributed by atoms with Crippen molar-refractivity contribution >= 4 is 21.6 Å². The highest BCUT2D eigenvalue weighted by atomic mass is 79.9. The Balaban J connectivity index is 1.73. The van der Waals surface area contributed by atoms with Crippen molar-refractivity contribution in [1.82, 2.24) is 0 Å². The van der Waals surface area contributed by atoms with E-state index >= 15 is 0 Å². The topological polar surface area (TPSA) is 21.3 Å². The zero-order valence-corrected chi connectivity index (χ0v) is 11.7. The second kappa shape index (κ2) is 4.52. The maximum absolute atomic E-state index is 5.33. The molecule has 2 saturated carbocycles. The summed E-state index contributed by atoms with van der Waals surface area (Å²) in [5.74, 6) is 2.78. The van der Waals surface area contributed by atoms with Crippen LogP contribution in [0.3, 0.4) is 0 Å². The number of methoxy groups -OCH3 is 1. The number of benzene rings is 1. The van der Waals surface area contributed by atoms with Gasteiger partial charge in [0.1, 0.15) is 5.75 Å². The first-order chi connectivity index (χ1) is 8.26. The maximum atomic E-state index is 5.33. The molecule has 2 bridgehead atoms. The van der Waals surface area contributed by atoms with Crippen LogP contribution in [-0.4, -0.2) is 13.2 Å². The molecule has 3 heteroatoms. The van der Waals surface area contributed by atoms with Crippen LogP contribution in [0, 0.1) is 11.8 Å². The van der Waals surface area contributed by atoms with E-state index in [2.05, 4.69) is 33.4 Å². The average molecular weight is 296 g/mol. The number of hydrogen-bond donors (Lipinski definition) is 1. The molecule has 3 atom stereocenters. The summed E-state index contributed by atoms with van der Waals surface area (Å²) in [6.45, 7) is 0. The van der Waals surface area contributed by atoms with E-state index in [1.54, 1.807) is 7.11 Å². The smallest absolute Gasteiger partial charge is 0.135 e. The summed E-state index contributed by atoms with van der Waals surface area (Å²) in [5, 5.41) is 3.67. The fraction of sp³-hybridized carbons (Fsp3) is 0.571. The molecule has 1 aromatic rings. The Morgan fingerprint density at radius 3 is 2.82 bits per heavy atom. The Bertz CT molecular complexity index is 421. The van der Waals surface area contributed by atoms with E-state index in [1.807, 2.05) is 6.07 Å². The van der Waals surface area contributed by atoms with Gasteiger partial charge in [-0.15, -0.1) is 0 Å². The molecule has 0 heterocycles. The molecule has 1 N–H and O–H groups in total. The van der Waals surface area contributed by atoms with E-state index in [0.29, 0.717) is 6.04 Å². The first-order valence-electron chi connectivity index (χ1n) is 6.36. The molecule has 2 aliphatic carbocycles. The van der Waals surface area contributed by atoms with E-state index in [-0.39, 0.29) is 0 Å². The van der Waals surface area contributed by atoms with Crippen LogP contribution >= 0.6 is 15.9 Å². The Morgan fingerprint density at radius 1 is 1.29 bits per heavy atom. The monoisotopic (exact) mass is 295 g/mol. The molecular weight excluding hydrogens is 278 g/mol. The maximum Gasteiger partial charge on any atom is 0.135 e. The van der Waals surface area contributed by atoms with Crippen molar-refractivity contribution in [3.8, 4) is 5.75 Å². The molecule has 2 nitrogen and oxygen atoms in total. The number of halogens is 1. The van der Waals surface area contributed by atoms with Gasteiger partial charge in [0.05, 0.1) is 11.6 Å². The summed E-state index contributed by atoms with van der Waals surface area (Å²) >= 11 is 3.48. The van der Waals surface area contributed by atoms with Crippen LogP contribution in [0.2, 0.25) is 0 Å². The van der Waals surface area contributed by atoms with Crippen molar-refractivity contribution in [2.24, 2.45) is 11.8 Å². The van der Waals surface area contributed by atoms with Crippen LogP contribution in [0.25, 0.3) is 0 Å². The molecule has 0 radical (unpaired) electrons. The molecule has 0 amide bonds. The lowest BCUT2D eigenvalue weighted by molar-refractivity contribution is 0.411. The minimum absolute atomic E-state index is 0.680. The fourth-order valence-corrected chi connectivity index (χ4v) is 3.79. The van der Waals surface area contributed by atoms with Crippen molar-refractivity contribution in [2.75, 3.05) is 12.4 Å². The predicted octanol–water partition coefficient (Wildman–Crippen LogP) is 4.06. The third-order valence-corrected chi connectivity index (χ3v) is 4.90. The highest BCUT2D eigenvalue weighted by Crippen LogP contribution is 2.45. The predicted molar refractivity (Wildman–Crippen MR) is 73.6 cm³/mol. The Morgan fingerprint density at radius 2 is 2.18 bits per heavy atom. The molecule has 17 heavy (non-hydrogen) atoms. The Hall–Kier alpha value is -0.700. The van der Waals surface area contributed by atoms with Gasteiger partial charge in [-0.25, -0.2) is 0 Å². The van der Waals surface area contributed by atoms with Crippen LogP contribution in [0.4, 0.5) is 5.69 Å². The molecule has 1 aromatic carbocycles. The van der Waals surface area contributed by atoms with E-state index in [4.69, 9.17) is 4.74 Å². The van der Waals surface area contributed by atoms with Gasteiger partial charge in [-0.3, -0.25) is 0 Å². The van der Waals surface area contributed by atoms with Gasteiger partial charge >= 0.3 is 0 Å². The zero-order valence-electron chi connectivity index (χ0n) is 10.1. The second-order valence-electron chi connectivity index (χ2n) is 5.28. The largest absolute Gasteiger partial charge is 0.495 e. The minimum Gasteiger partial charge on any atom is -0.495 e. The lowest BCUT2D eigenvalue weighted by Gasteiger charge is -2.24. The zero-order chi connectivity index (χ0) is 11.8. The molecule has 92 valence electrons. The van der Waals surface area contributed by atoms with Gasteiger partial charge in [-0.1, -0.05) is 6.42 Å². The summed E-state index contributed by atoms with van der Waals surface area (Å²) in [6, 6.07) is 6.93. The number of anilines is 1. The molecule has 2 aliphatic rings. The van der Waals surface area contributed by atoms with Gasteiger partial charge in [0.15, 0.2) is 0 Å². The van der Waals surface area contributed by atoms with Crippen LogP contribution in [0.15, 0.2) is 22.7 Å². The van der Waals surface area contributed by atoms with Crippen molar-refractivity contribution in [2.45, 2.75) is 31.7 Å². The quantitative estimate of drug-likeness (QED) is 0.908. The molecule has 0 aromatic heterocycles. The van der Waals surface area contributed by atoms with Gasteiger partial charge in [-0.2, -0.15) is 0 Å². The molecule has 0 spiro atoms. The standard InChI is InChI=1S/C14H18BrNO/c1-17-14-8-11(4-5-12(14)15)16-13-7-9-2-3-10(13)6-9/h4-5,8-10,13,16H,2-3,6-7H2,1H3. The van der Waals surface area contributed by atoms with E-state index in [0.717, 1.165) is 22.1 Å². The lowest BCUT2D eigenvalue weighted by Crippen LogP contribution is -2.25. The van der Waals surface area contributed by atoms with Gasteiger partial charge in [-0.05, 0) is 59.2 Å². The molecule has 3 unspecified atom stereocenters. The number of rotatable bonds is 3. The van der Waals surface area contributed by atoms with Gasteiger partial charge in [0.2, 0.25) is 0 Å². The van der Waals surface area contributed by atoms with E-state index < -0.39 is 0 Å². The summed E-state index contributed by atoms with van der Waals surface area (Å²) in [5.41, 5.74) is 1.18. The van der Waals surface area contributed by atoms with Gasteiger partial charge < -0.3 is 10.1 Å². The van der Waals surface area contributed by atoms with Crippen molar-refractivity contribution in [1.29, 1.82) is 0 Å². The molecule has 0 aliphatic heterocycles.